The highest BCUT2D eigenvalue weighted by Gasteiger charge is 2.20. The third-order valence-electron chi connectivity index (χ3n) is 4.39. The molecule has 0 aromatic heterocycles. The highest BCUT2D eigenvalue weighted by Crippen LogP contribution is 2.07. The molecule has 0 bridgehead atoms. The number of ether oxygens (including phenoxy) is 4. The minimum Gasteiger partial charge on any atom is -0.463 e. The first-order chi connectivity index (χ1) is 12.9. The predicted octanol–water partition coefficient (Wildman–Crippen LogP) is 0.683. The highest BCUT2D eigenvalue weighted by atomic mass is 16.6. The summed E-state index contributed by atoms with van der Waals surface area (Å²) >= 11 is 0. The van der Waals surface area contributed by atoms with Crippen molar-refractivity contribution in [2.45, 2.75) is 51.9 Å². The second-order valence-corrected chi connectivity index (χ2v) is 7.45. The molecule has 0 aliphatic carbocycles. The monoisotopic (exact) mass is 386 g/mol. The van der Waals surface area contributed by atoms with Crippen molar-refractivity contribution in [3.8, 4) is 0 Å². The number of hydrogen-bond donors (Lipinski definition) is 0. The molecule has 27 heavy (non-hydrogen) atoms. The van der Waals surface area contributed by atoms with Crippen LogP contribution in [0.1, 0.15) is 33.6 Å². The molecule has 0 aromatic rings. The average molecular weight is 386 g/mol. The van der Waals surface area contributed by atoms with Crippen molar-refractivity contribution < 1.29 is 28.5 Å². The average Bonchev–Trinajstić information content (AvgIpc) is 3.53. The van der Waals surface area contributed by atoms with E-state index in [4.69, 9.17) is 18.9 Å². The van der Waals surface area contributed by atoms with Gasteiger partial charge in [-0.2, -0.15) is 0 Å². The first-order valence-electron chi connectivity index (χ1n) is 9.95. The van der Waals surface area contributed by atoms with Crippen molar-refractivity contribution in [1.82, 2.24) is 9.80 Å². The Morgan fingerprint density at radius 2 is 1.22 bits per heavy atom. The fraction of sp³-hybridized carbons (Fsp3) is 0.895. The maximum atomic E-state index is 11.7. The first-order valence-corrected chi connectivity index (χ1v) is 9.95. The van der Waals surface area contributed by atoms with E-state index in [1.165, 1.54) is 0 Å². The minimum absolute atomic E-state index is 0.135. The number of carbonyl (C=O) groups is 2. The Balaban J connectivity index is 1.44. The van der Waals surface area contributed by atoms with Gasteiger partial charge in [0.05, 0.1) is 38.3 Å². The van der Waals surface area contributed by atoms with Gasteiger partial charge in [-0.3, -0.25) is 9.59 Å². The number of nitrogens with zero attached hydrogens (tertiary/aromatic N) is 2. The van der Waals surface area contributed by atoms with Gasteiger partial charge in [-0.25, -0.2) is 0 Å². The van der Waals surface area contributed by atoms with Gasteiger partial charge in [0.1, 0.15) is 12.7 Å². The standard InChI is InChI=1S/C19H34N2O6/c1-15(25-14-17(3)27-19(23)5-7-21-10-11-21)12-24-16(2)13-26-18(22)4-6-20-8-9-20/h15-17H,4-14H2,1-3H3. The maximum absolute atomic E-state index is 11.7. The Morgan fingerprint density at radius 1 is 0.741 bits per heavy atom. The van der Waals surface area contributed by atoms with Crippen LogP contribution in [-0.2, 0) is 28.5 Å². The molecule has 2 heterocycles. The van der Waals surface area contributed by atoms with Crippen LogP contribution in [0.25, 0.3) is 0 Å². The number of rotatable bonds is 15. The molecular weight excluding hydrogens is 352 g/mol. The summed E-state index contributed by atoms with van der Waals surface area (Å²) in [7, 11) is 0. The van der Waals surface area contributed by atoms with Gasteiger partial charge in [-0.1, -0.05) is 0 Å². The zero-order valence-electron chi connectivity index (χ0n) is 16.9. The summed E-state index contributed by atoms with van der Waals surface area (Å²) in [4.78, 5) is 27.7. The van der Waals surface area contributed by atoms with Gasteiger partial charge < -0.3 is 28.7 Å². The lowest BCUT2D eigenvalue weighted by atomic mass is 10.3. The lowest BCUT2D eigenvalue weighted by Gasteiger charge is -2.20. The SMILES string of the molecule is CC(COC(=O)CCN1CC1)OCC(C)OCC(C)OC(=O)CCN1CC1. The molecule has 2 rings (SSSR count). The van der Waals surface area contributed by atoms with Crippen molar-refractivity contribution in [2.75, 3.05) is 59.1 Å². The number of hydrogen-bond acceptors (Lipinski definition) is 8. The van der Waals surface area contributed by atoms with E-state index >= 15 is 0 Å². The molecular formula is C19H34N2O6. The van der Waals surface area contributed by atoms with Crippen molar-refractivity contribution in [1.29, 1.82) is 0 Å². The van der Waals surface area contributed by atoms with Gasteiger partial charge in [-0.15, -0.1) is 0 Å². The van der Waals surface area contributed by atoms with Crippen LogP contribution in [-0.4, -0.2) is 99.1 Å². The second-order valence-electron chi connectivity index (χ2n) is 7.45. The van der Waals surface area contributed by atoms with Crippen molar-refractivity contribution in [3.05, 3.63) is 0 Å². The predicted molar refractivity (Wildman–Crippen MR) is 99.5 cm³/mol. The summed E-state index contributed by atoms with van der Waals surface area (Å²) in [5.41, 5.74) is 0. The van der Waals surface area contributed by atoms with Gasteiger partial charge in [0, 0.05) is 39.3 Å². The summed E-state index contributed by atoms with van der Waals surface area (Å²) in [5, 5.41) is 0. The van der Waals surface area contributed by atoms with Gasteiger partial charge >= 0.3 is 11.9 Å². The molecule has 2 saturated heterocycles. The fourth-order valence-electron chi connectivity index (χ4n) is 2.38. The molecule has 2 aliphatic heterocycles. The molecule has 0 aromatic carbocycles. The van der Waals surface area contributed by atoms with E-state index in [0.29, 0.717) is 26.1 Å². The van der Waals surface area contributed by atoms with Gasteiger partial charge in [0.2, 0.25) is 0 Å². The quantitative estimate of drug-likeness (QED) is 0.300. The van der Waals surface area contributed by atoms with Crippen LogP contribution in [0.5, 0.6) is 0 Å². The van der Waals surface area contributed by atoms with E-state index < -0.39 is 0 Å². The Kier molecular flexibility index (Phi) is 9.47. The van der Waals surface area contributed by atoms with Crippen LogP contribution in [0.15, 0.2) is 0 Å². The van der Waals surface area contributed by atoms with Gasteiger partial charge in [-0.05, 0) is 20.8 Å². The molecule has 3 atom stereocenters. The van der Waals surface area contributed by atoms with Crippen LogP contribution >= 0.6 is 0 Å². The van der Waals surface area contributed by atoms with Gasteiger partial charge in [0.15, 0.2) is 0 Å². The van der Waals surface area contributed by atoms with E-state index in [1.807, 2.05) is 20.8 Å². The van der Waals surface area contributed by atoms with Crippen LogP contribution in [0.2, 0.25) is 0 Å². The molecule has 156 valence electrons. The highest BCUT2D eigenvalue weighted by molar-refractivity contribution is 5.70. The topological polar surface area (TPSA) is 77.1 Å². The molecule has 0 radical (unpaired) electrons. The molecule has 2 fully saturated rings. The second kappa shape index (κ2) is 11.6. The Bertz CT molecular complexity index is 467. The Labute approximate surface area is 162 Å². The van der Waals surface area contributed by atoms with Crippen LogP contribution in [0.3, 0.4) is 0 Å². The fourth-order valence-corrected chi connectivity index (χ4v) is 2.38. The summed E-state index contributed by atoms with van der Waals surface area (Å²) < 4.78 is 21.8. The van der Waals surface area contributed by atoms with E-state index in [2.05, 4.69) is 9.80 Å². The number of carbonyl (C=O) groups excluding carboxylic acids is 2. The van der Waals surface area contributed by atoms with Crippen LogP contribution in [0, 0.1) is 0 Å². The molecule has 0 amide bonds. The van der Waals surface area contributed by atoms with Crippen molar-refractivity contribution >= 4 is 11.9 Å². The third kappa shape index (κ3) is 11.3. The summed E-state index contributed by atoms with van der Waals surface area (Å²) in [5.74, 6) is -0.369. The molecule has 0 spiro atoms. The smallest absolute Gasteiger partial charge is 0.307 e. The maximum Gasteiger partial charge on any atom is 0.307 e. The molecule has 8 heteroatoms. The van der Waals surface area contributed by atoms with E-state index in [9.17, 15) is 9.59 Å². The Morgan fingerprint density at radius 3 is 1.78 bits per heavy atom. The summed E-state index contributed by atoms with van der Waals surface area (Å²) in [6.07, 6.45) is 0.256. The first kappa shape index (κ1) is 22.1. The van der Waals surface area contributed by atoms with E-state index in [0.717, 1.165) is 39.3 Å². The zero-order valence-corrected chi connectivity index (χ0v) is 16.9. The van der Waals surface area contributed by atoms with E-state index in [1.54, 1.807) is 0 Å². The molecule has 2 aliphatic rings. The van der Waals surface area contributed by atoms with Crippen LogP contribution < -0.4 is 0 Å². The molecule has 0 N–H and O–H groups in total. The van der Waals surface area contributed by atoms with E-state index in [-0.39, 0.29) is 36.9 Å². The lowest BCUT2D eigenvalue weighted by molar-refractivity contribution is -0.154. The summed E-state index contributed by atoms with van der Waals surface area (Å²) in [6.45, 7) is 12.4. The normalized spacial score (nSPS) is 20.0. The van der Waals surface area contributed by atoms with Crippen molar-refractivity contribution in [3.63, 3.8) is 0 Å². The number of esters is 2. The largest absolute Gasteiger partial charge is 0.463 e. The van der Waals surface area contributed by atoms with Crippen molar-refractivity contribution in [2.24, 2.45) is 0 Å². The molecule has 8 nitrogen and oxygen atoms in total. The zero-order chi connectivity index (χ0) is 19.6. The molecule has 3 unspecified atom stereocenters. The lowest BCUT2D eigenvalue weighted by Crippen LogP contribution is -2.28. The molecule has 0 saturated carbocycles. The summed E-state index contributed by atoms with van der Waals surface area (Å²) in [6, 6.07) is 0. The third-order valence-corrected chi connectivity index (χ3v) is 4.39. The Hall–Kier alpha value is -1.22. The van der Waals surface area contributed by atoms with Crippen LogP contribution in [0.4, 0.5) is 0 Å². The van der Waals surface area contributed by atoms with Gasteiger partial charge in [0.25, 0.3) is 0 Å². The minimum atomic E-state index is -0.283.